The number of hydrogen-bond acceptors (Lipinski definition) is 3. The Bertz CT molecular complexity index is 649. The molecular formula is C18H28N2O3S. The van der Waals surface area contributed by atoms with Gasteiger partial charge in [0.2, 0.25) is 0 Å². The lowest BCUT2D eigenvalue weighted by atomic mass is 9.77. The number of methoxy groups -OCH3 is 1. The molecule has 3 rings (SSSR count). The van der Waals surface area contributed by atoms with Gasteiger partial charge in [-0.15, -0.1) is 0 Å². The zero-order chi connectivity index (χ0) is 17.2. The Kier molecular flexibility index (Phi) is 5.30. The summed E-state index contributed by atoms with van der Waals surface area (Å²) in [6.07, 6.45) is 5.42. The highest BCUT2D eigenvalue weighted by Gasteiger charge is 2.48. The zero-order valence-electron chi connectivity index (χ0n) is 14.6. The molecule has 1 saturated carbocycles. The Morgan fingerprint density at radius 1 is 1.25 bits per heavy atom. The third-order valence-corrected chi connectivity index (χ3v) is 7.53. The lowest BCUT2D eigenvalue weighted by Gasteiger charge is -2.43. The molecule has 24 heavy (non-hydrogen) atoms. The quantitative estimate of drug-likeness (QED) is 0.818. The molecule has 2 aliphatic rings. The lowest BCUT2D eigenvalue weighted by molar-refractivity contribution is -0.0193. The number of benzene rings is 1. The van der Waals surface area contributed by atoms with Crippen molar-refractivity contribution in [3.63, 3.8) is 0 Å². The van der Waals surface area contributed by atoms with E-state index in [4.69, 9.17) is 4.74 Å². The first-order valence-corrected chi connectivity index (χ1v) is 10.2. The molecule has 0 N–H and O–H groups in total. The van der Waals surface area contributed by atoms with Crippen LogP contribution in [-0.4, -0.2) is 50.4 Å². The molecule has 134 valence electrons. The molecule has 1 aliphatic heterocycles. The summed E-state index contributed by atoms with van der Waals surface area (Å²) in [5.41, 5.74) is 1.01. The van der Waals surface area contributed by atoms with Gasteiger partial charge >= 0.3 is 0 Å². The van der Waals surface area contributed by atoms with Crippen LogP contribution in [0.15, 0.2) is 30.3 Å². The first kappa shape index (κ1) is 17.9. The highest BCUT2D eigenvalue weighted by molar-refractivity contribution is 7.86. The van der Waals surface area contributed by atoms with E-state index in [0.29, 0.717) is 19.6 Å². The van der Waals surface area contributed by atoms with Crippen molar-refractivity contribution in [3.05, 3.63) is 35.9 Å². The standard InChI is InChI=1S/C18H28N2O3S/c1-19(14-16-8-4-3-5-9-16)24(21,22)20-13-7-12-18(15-20)11-6-10-17(18)23-2/h3-5,8-9,17H,6-7,10-15H2,1-2H3/t17-,18-/m1/s1. The number of piperidine rings is 1. The third kappa shape index (κ3) is 3.38. The van der Waals surface area contributed by atoms with Crippen molar-refractivity contribution in [2.24, 2.45) is 5.41 Å². The lowest BCUT2D eigenvalue weighted by Crippen LogP contribution is -2.52. The minimum absolute atomic E-state index is 0.00760. The molecular weight excluding hydrogens is 324 g/mol. The molecule has 6 heteroatoms. The molecule has 5 nitrogen and oxygen atoms in total. The van der Waals surface area contributed by atoms with Gasteiger partial charge in [-0.1, -0.05) is 36.8 Å². The van der Waals surface area contributed by atoms with Crippen molar-refractivity contribution in [1.29, 1.82) is 0 Å². The van der Waals surface area contributed by atoms with Gasteiger partial charge in [0.1, 0.15) is 0 Å². The fourth-order valence-corrected chi connectivity index (χ4v) is 5.86. The SMILES string of the molecule is CO[C@@H]1CCC[C@]12CCCN(S(=O)(=O)N(C)Cc1ccccc1)C2. The Labute approximate surface area is 145 Å². The van der Waals surface area contributed by atoms with Crippen molar-refractivity contribution in [1.82, 2.24) is 8.61 Å². The number of nitrogens with zero attached hydrogens (tertiary/aromatic N) is 2. The molecule has 1 saturated heterocycles. The van der Waals surface area contributed by atoms with Crippen LogP contribution in [0.5, 0.6) is 0 Å². The summed E-state index contributed by atoms with van der Waals surface area (Å²) in [6.45, 7) is 1.60. The predicted octanol–water partition coefficient (Wildman–Crippen LogP) is 2.64. The summed E-state index contributed by atoms with van der Waals surface area (Å²) in [5, 5.41) is 0. The summed E-state index contributed by atoms with van der Waals surface area (Å²) < 4.78 is 34.9. The minimum Gasteiger partial charge on any atom is -0.381 e. The molecule has 0 radical (unpaired) electrons. The summed E-state index contributed by atoms with van der Waals surface area (Å²) in [5.74, 6) is 0. The van der Waals surface area contributed by atoms with E-state index in [0.717, 1.165) is 37.7 Å². The molecule has 1 aromatic carbocycles. The zero-order valence-corrected chi connectivity index (χ0v) is 15.5. The van der Waals surface area contributed by atoms with Gasteiger partial charge in [-0.05, 0) is 31.2 Å². The summed E-state index contributed by atoms with van der Waals surface area (Å²) in [4.78, 5) is 0. The minimum atomic E-state index is -3.44. The molecule has 0 unspecified atom stereocenters. The second-order valence-electron chi connectivity index (χ2n) is 7.17. The Hall–Kier alpha value is -0.950. The van der Waals surface area contributed by atoms with Gasteiger partial charge in [0.25, 0.3) is 10.2 Å². The molecule has 1 spiro atoms. The van der Waals surface area contributed by atoms with Crippen LogP contribution in [0.2, 0.25) is 0 Å². The van der Waals surface area contributed by atoms with E-state index in [1.54, 1.807) is 18.5 Å². The largest absolute Gasteiger partial charge is 0.381 e. The van der Waals surface area contributed by atoms with Crippen LogP contribution in [0, 0.1) is 5.41 Å². The molecule has 1 heterocycles. The van der Waals surface area contributed by atoms with Gasteiger partial charge < -0.3 is 4.74 Å². The van der Waals surface area contributed by atoms with E-state index in [-0.39, 0.29) is 11.5 Å². The highest BCUT2D eigenvalue weighted by Crippen LogP contribution is 2.47. The second-order valence-corrected chi connectivity index (χ2v) is 9.20. The van der Waals surface area contributed by atoms with Gasteiger partial charge in [-0.3, -0.25) is 0 Å². The summed E-state index contributed by atoms with van der Waals surface area (Å²) >= 11 is 0. The molecule has 0 bridgehead atoms. The van der Waals surface area contributed by atoms with Crippen molar-refractivity contribution in [2.45, 2.75) is 44.8 Å². The maximum absolute atomic E-state index is 13.0. The molecule has 1 aromatic rings. The Balaban J connectivity index is 1.74. The van der Waals surface area contributed by atoms with Crippen LogP contribution in [0.3, 0.4) is 0 Å². The second kappa shape index (κ2) is 7.12. The Morgan fingerprint density at radius 2 is 1.96 bits per heavy atom. The van der Waals surface area contributed by atoms with Gasteiger partial charge in [-0.25, -0.2) is 0 Å². The van der Waals surface area contributed by atoms with E-state index in [1.165, 1.54) is 4.31 Å². The van der Waals surface area contributed by atoms with E-state index in [2.05, 4.69) is 0 Å². The first-order chi connectivity index (χ1) is 11.5. The molecule has 0 amide bonds. The normalized spacial score (nSPS) is 28.7. The van der Waals surface area contributed by atoms with Crippen LogP contribution in [0.1, 0.15) is 37.7 Å². The molecule has 2 atom stereocenters. The van der Waals surface area contributed by atoms with Crippen LogP contribution >= 0.6 is 0 Å². The van der Waals surface area contributed by atoms with Crippen molar-refractivity contribution >= 4 is 10.2 Å². The van der Waals surface area contributed by atoms with Crippen LogP contribution in [-0.2, 0) is 21.5 Å². The smallest absolute Gasteiger partial charge is 0.282 e. The van der Waals surface area contributed by atoms with Crippen LogP contribution in [0.25, 0.3) is 0 Å². The van der Waals surface area contributed by atoms with E-state index >= 15 is 0 Å². The van der Waals surface area contributed by atoms with E-state index in [9.17, 15) is 8.42 Å². The number of rotatable bonds is 5. The van der Waals surface area contributed by atoms with Gasteiger partial charge in [0.05, 0.1) is 6.10 Å². The summed E-state index contributed by atoms with van der Waals surface area (Å²) in [7, 11) is -0.0149. The van der Waals surface area contributed by atoms with Crippen LogP contribution < -0.4 is 0 Å². The third-order valence-electron chi connectivity index (χ3n) is 5.65. The molecule has 1 aliphatic carbocycles. The van der Waals surface area contributed by atoms with E-state index in [1.807, 2.05) is 30.3 Å². The van der Waals surface area contributed by atoms with Gasteiger partial charge in [0.15, 0.2) is 0 Å². The topological polar surface area (TPSA) is 49.9 Å². The number of ether oxygens (including phenoxy) is 1. The average molecular weight is 353 g/mol. The average Bonchev–Trinajstić information content (AvgIpc) is 2.97. The fourth-order valence-electron chi connectivity index (χ4n) is 4.37. The summed E-state index contributed by atoms with van der Waals surface area (Å²) in [6, 6.07) is 9.74. The van der Waals surface area contributed by atoms with Crippen molar-refractivity contribution in [2.75, 3.05) is 27.2 Å². The van der Waals surface area contributed by atoms with Crippen molar-refractivity contribution in [3.8, 4) is 0 Å². The monoisotopic (exact) mass is 352 g/mol. The van der Waals surface area contributed by atoms with Gasteiger partial charge in [-0.2, -0.15) is 17.0 Å². The molecule has 2 fully saturated rings. The number of hydrogen-bond donors (Lipinski definition) is 0. The fraction of sp³-hybridized carbons (Fsp3) is 0.667. The van der Waals surface area contributed by atoms with E-state index < -0.39 is 10.2 Å². The van der Waals surface area contributed by atoms with Crippen LogP contribution in [0.4, 0.5) is 0 Å². The highest BCUT2D eigenvalue weighted by atomic mass is 32.2. The maximum Gasteiger partial charge on any atom is 0.282 e. The Morgan fingerprint density at radius 3 is 2.67 bits per heavy atom. The van der Waals surface area contributed by atoms with Gasteiger partial charge in [0, 0.05) is 39.2 Å². The maximum atomic E-state index is 13.0. The molecule has 0 aromatic heterocycles. The van der Waals surface area contributed by atoms with Crippen molar-refractivity contribution < 1.29 is 13.2 Å². The first-order valence-electron chi connectivity index (χ1n) is 8.76. The predicted molar refractivity (Wildman–Crippen MR) is 94.7 cm³/mol.